The van der Waals surface area contributed by atoms with Gasteiger partial charge in [0, 0.05) is 36.0 Å². The van der Waals surface area contributed by atoms with Crippen LogP contribution in [0, 0.1) is 10.1 Å². The summed E-state index contributed by atoms with van der Waals surface area (Å²) < 4.78 is 0. The average molecular weight is 276 g/mol. The van der Waals surface area contributed by atoms with Gasteiger partial charge < -0.3 is 4.90 Å². The predicted octanol–water partition coefficient (Wildman–Crippen LogP) is 3.57. The number of benzene rings is 1. The fourth-order valence-electron chi connectivity index (χ4n) is 2.96. The van der Waals surface area contributed by atoms with Crippen molar-refractivity contribution in [2.45, 2.75) is 45.1 Å². The second-order valence-corrected chi connectivity index (χ2v) is 5.25. The van der Waals surface area contributed by atoms with Gasteiger partial charge in [0.25, 0.3) is 5.69 Å². The number of piperidine rings is 1. The smallest absolute Gasteiger partial charge is 0.270 e. The highest BCUT2D eigenvalue weighted by atomic mass is 16.6. The monoisotopic (exact) mass is 276 g/mol. The van der Waals surface area contributed by atoms with Crippen LogP contribution in [0.1, 0.15) is 49.4 Å². The fourth-order valence-corrected chi connectivity index (χ4v) is 2.96. The predicted molar refractivity (Wildman–Crippen MR) is 78.4 cm³/mol. The number of non-ortho nitro benzene ring substituents is 1. The lowest BCUT2D eigenvalue weighted by atomic mass is 9.96. The summed E-state index contributed by atoms with van der Waals surface area (Å²) in [5.41, 5.74) is 1.23. The summed E-state index contributed by atoms with van der Waals surface area (Å²) >= 11 is 0. The van der Waals surface area contributed by atoms with E-state index in [0.717, 1.165) is 44.2 Å². The van der Waals surface area contributed by atoms with Gasteiger partial charge in [0.2, 0.25) is 0 Å². The summed E-state index contributed by atoms with van der Waals surface area (Å²) in [6.07, 6.45) is 6.36. The molecule has 1 aromatic rings. The van der Waals surface area contributed by atoms with E-state index in [1.54, 1.807) is 6.07 Å². The van der Waals surface area contributed by atoms with Crippen molar-refractivity contribution in [1.29, 1.82) is 0 Å². The molecule has 1 aromatic carbocycles. The number of hydrogen-bond donors (Lipinski definition) is 0. The molecule has 5 heteroatoms. The molecule has 0 aromatic heterocycles. The quantitative estimate of drug-likeness (QED) is 0.468. The third kappa shape index (κ3) is 2.98. The van der Waals surface area contributed by atoms with Crippen LogP contribution in [0.15, 0.2) is 18.2 Å². The molecule has 20 heavy (non-hydrogen) atoms. The van der Waals surface area contributed by atoms with Gasteiger partial charge in [-0.2, -0.15) is 0 Å². The Bertz CT molecular complexity index is 500. The zero-order valence-electron chi connectivity index (χ0n) is 11.7. The van der Waals surface area contributed by atoms with Crippen molar-refractivity contribution in [1.82, 2.24) is 0 Å². The molecule has 108 valence electrons. The molecular formula is C15H20N2O3. The van der Waals surface area contributed by atoms with Gasteiger partial charge in [0.15, 0.2) is 6.29 Å². The summed E-state index contributed by atoms with van der Waals surface area (Å²) in [6, 6.07) is 5.02. The van der Waals surface area contributed by atoms with Crippen LogP contribution in [0.2, 0.25) is 0 Å². The molecule has 1 heterocycles. The first-order chi connectivity index (χ1) is 9.67. The first-order valence-electron chi connectivity index (χ1n) is 7.17. The minimum absolute atomic E-state index is 0.0279. The number of nitrogens with zero attached hydrogens (tertiary/aromatic N) is 2. The Labute approximate surface area is 118 Å². The molecule has 0 bridgehead atoms. The largest absolute Gasteiger partial charge is 0.368 e. The van der Waals surface area contributed by atoms with Crippen LogP contribution in [-0.2, 0) is 0 Å². The highest BCUT2D eigenvalue weighted by Gasteiger charge is 2.24. The minimum Gasteiger partial charge on any atom is -0.368 e. The number of rotatable bonds is 5. The normalized spacial score (nSPS) is 18.9. The van der Waals surface area contributed by atoms with Gasteiger partial charge >= 0.3 is 0 Å². The third-order valence-corrected chi connectivity index (χ3v) is 3.91. The van der Waals surface area contributed by atoms with Crippen molar-refractivity contribution in [3.05, 3.63) is 33.9 Å². The standard InChI is InChI=1S/C15H20N2O3/c1-2-5-13-6-3-4-9-16(13)15-8-7-14(17(19)20)10-12(15)11-18/h7-8,10-11,13H,2-6,9H2,1H3. The summed E-state index contributed by atoms with van der Waals surface area (Å²) in [7, 11) is 0. The Balaban J connectivity index is 2.34. The number of anilines is 1. The van der Waals surface area contributed by atoms with Crippen molar-refractivity contribution in [2.75, 3.05) is 11.4 Å². The number of carbonyl (C=O) groups excluding carboxylic acids is 1. The van der Waals surface area contributed by atoms with Gasteiger partial charge in [-0.25, -0.2) is 0 Å². The van der Waals surface area contributed by atoms with E-state index in [1.807, 2.05) is 0 Å². The fraction of sp³-hybridized carbons (Fsp3) is 0.533. The van der Waals surface area contributed by atoms with Crippen LogP contribution in [0.3, 0.4) is 0 Å². The molecular weight excluding hydrogens is 256 g/mol. The summed E-state index contributed by atoms with van der Waals surface area (Å²) in [6.45, 7) is 3.08. The molecule has 0 radical (unpaired) electrons. The van der Waals surface area contributed by atoms with Crippen LogP contribution < -0.4 is 4.90 Å². The molecule has 5 nitrogen and oxygen atoms in total. The third-order valence-electron chi connectivity index (χ3n) is 3.91. The van der Waals surface area contributed by atoms with E-state index in [4.69, 9.17) is 0 Å². The van der Waals surface area contributed by atoms with Crippen molar-refractivity contribution >= 4 is 17.7 Å². The Hall–Kier alpha value is -1.91. The van der Waals surface area contributed by atoms with E-state index in [2.05, 4.69) is 11.8 Å². The lowest BCUT2D eigenvalue weighted by molar-refractivity contribution is -0.384. The maximum Gasteiger partial charge on any atom is 0.270 e. The molecule has 0 aliphatic carbocycles. The van der Waals surface area contributed by atoms with E-state index in [1.165, 1.54) is 18.6 Å². The molecule has 1 unspecified atom stereocenters. The molecule has 1 aliphatic heterocycles. The van der Waals surface area contributed by atoms with Crippen LogP contribution in [-0.4, -0.2) is 23.8 Å². The van der Waals surface area contributed by atoms with E-state index in [9.17, 15) is 14.9 Å². The molecule has 0 N–H and O–H groups in total. The average Bonchev–Trinajstić information content (AvgIpc) is 2.47. The Morgan fingerprint density at radius 3 is 2.90 bits per heavy atom. The van der Waals surface area contributed by atoms with Gasteiger partial charge in [-0.1, -0.05) is 13.3 Å². The van der Waals surface area contributed by atoms with Crippen LogP contribution >= 0.6 is 0 Å². The lowest BCUT2D eigenvalue weighted by Crippen LogP contribution is -2.40. The maximum atomic E-state index is 11.3. The first kappa shape index (κ1) is 14.5. The summed E-state index contributed by atoms with van der Waals surface area (Å²) in [4.78, 5) is 23.8. The molecule has 1 fully saturated rings. The number of nitro benzene ring substituents is 1. The van der Waals surface area contributed by atoms with Gasteiger partial charge in [-0.15, -0.1) is 0 Å². The van der Waals surface area contributed by atoms with Crippen LogP contribution in [0.25, 0.3) is 0 Å². The maximum absolute atomic E-state index is 11.3. The van der Waals surface area contributed by atoms with E-state index < -0.39 is 4.92 Å². The molecule has 2 rings (SSSR count). The van der Waals surface area contributed by atoms with Crippen molar-refractivity contribution < 1.29 is 9.72 Å². The van der Waals surface area contributed by atoms with Gasteiger partial charge in [0.1, 0.15) is 0 Å². The van der Waals surface area contributed by atoms with Gasteiger partial charge in [0.05, 0.1) is 4.92 Å². The van der Waals surface area contributed by atoms with Crippen molar-refractivity contribution in [3.63, 3.8) is 0 Å². The SMILES string of the molecule is CCCC1CCCCN1c1ccc([N+](=O)[O-])cc1C=O. The number of hydrogen-bond acceptors (Lipinski definition) is 4. The topological polar surface area (TPSA) is 63.4 Å². The molecule has 1 atom stereocenters. The van der Waals surface area contributed by atoms with Gasteiger partial charge in [-0.05, 0) is 31.7 Å². The highest BCUT2D eigenvalue weighted by molar-refractivity contribution is 5.86. The minimum atomic E-state index is -0.462. The van der Waals surface area contributed by atoms with E-state index in [0.29, 0.717) is 11.6 Å². The molecule has 0 spiro atoms. The Morgan fingerprint density at radius 2 is 2.25 bits per heavy atom. The number of carbonyl (C=O) groups is 1. The van der Waals surface area contributed by atoms with Crippen LogP contribution in [0.4, 0.5) is 11.4 Å². The number of aldehydes is 1. The Kier molecular flexibility index (Phi) is 4.71. The molecule has 1 saturated heterocycles. The van der Waals surface area contributed by atoms with Crippen molar-refractivity contribution in [3.8, 4) is 0 Å². The Morgan fingerprint density at radius 1 is 1.45 bits per heavy atom. The van der Waals surface area contributed by atoms with E-state index in [-0.39, 0.29) is 5.69 Å². The first-order valence-corrected chi connectivity index (χ1v) is 7.17. The van der Waals surface area contributed by atoms with E-state index >= 15 is 0 Å². The molecule has 1 aliphatic rings. The molecule has 0 saturated carbocycles. The summed E-state index contributed by atoms with van der Waals surface area (Å²) in [5, 5.41) is 10.8. The second kappa shape index (κ2) is 6.50. The highest BCUT2D eigenvalue weighted by Crippen LogP contribution is 2.31. The zero-order chi connectivity index (χ0) is 14.5. The van der Waals surface area contributed by atoms with Gasteiger partial charge in [-0.3, -0.25) is 14.9 Å². The second-order valence-electron chi connectivity index (χ2n) is 5.25. The zero-order valence-corrected chi connectivity index (χ0v) is 11.7. The number of nitro groups is 1. The van der Waals surface area contributed by atoms with Crippen LogP contribution in [0.5, 0.6) is 0 Å². The van der Waals surface area contributed by atoms with Crippen molar-refractivity contribution in [2.24, 2.45) is 0 Å². The molecule has 0 amide bonds. The summed E-state index contributed by atoms with van der Waals surface area (Å²) in [5.74, 6) is 0. The lowest BCUT2D eigenvalue weighted by Gasteiger charge is -2.38.